The summed E-state index contributed by atoms with van der Waals surface area (Å²) < 4.78 is 57.5. The van der Waals surface area contributed by atoms with E-state index in [0.29, 0.717) is 46.5 Å². The second-order valence-corrected chi connectivity index (χ2v) is 44.9. The fourth-order valence-corrected chi connectivity index (χ4v) is 33.4. The molecule has 6 atom stereocenters. The number of carbonyl (C=O) groups is 1. The SMILES string of the molecule is CC(C)[Si](O[C@@H]1C=C(C(=O)C2=C[C@@H](O[Si](C(C)C)(C(C)C)C(C)C)[C@@H]3O[Si](C(C)(C)C)(C(C)(C)C)OC[C@H]3O2)O[C@@H]2CO[Si](C(C)(C)C)(C(C)(C)C)O[C@@H]12)(C(C)C)C(C)C. The van der Waals surface area contributed by atoms with Crippen molar-refractivity contribution >= 4 is 39.5 Å². The van der Waals surface area contributed by atoms with E-state index < -0.39 is 70.4 Å². The summed E-state index contributed by atoms with van der Waals surface area (Å²) in [6, 6.07) is 0. The molecular weight excluding hydrogens is 821 g/mol. The average Bonchev–Trinajstić information content (AvgIpc) is 3.08. The van der Waals surface area contributed by atoms with Crippen LogP contribution in [0.4, 0.5) is 0 Å². The zero-order valence-electron chi connectivity index (χ0n) is 42.7. The molecule has 2 saturated heterocycles. The maximum absolute atomic E-state index is 15.2. The first-order chi connectivity index (χ1) is 27.1. The summed E-state index contributed by atoms with van der Waals surface area (Å²) >= 11 is 0. The molecule has 2 fully saturated rings. The minimum atomic E-state index is -2.92. The lowest BCUT2D eigenvalue weighted by Crippen LogP contribution is -2.69. The van der Waals surface area contributed by atoms with Gasteiger partial charge in [-0.05, 0) is 45.4 Å². The van der Waals surface area contributed by atoms with Crippen LogP contribution in [-0.2, 0) is 40.8 Å². The van der Waals surface area contributed by atoms with E-state index in [1.165, 1.54) is 0 Å². The molecule has 0 aromatic carbocycles. The Hall–Kier alpha value is -0.622. The second-order valence-electron chi connectivity index (χ2n) is 24.5. The van der Waals surface area contributed by atoms with Crippen LogP contribution in [0.5, 0.6) is 0 Å². The smallest absolute Gasteiger partial charge is 0.349 e. The summed E-state index contributed by atoms with van der Waals surface area (Å²) in [5.74, 6) is 0.0949. The molecule has 60 heavy (non-hydrogen) atoms. The van der Waals surface area contributed by atoms with E-state index in [2.05, 4.69) is 166 Å². The van der Waals surface area contributed by atoms with Crippen molar-refractivity contribution in [3.05, 3.63) is 23.7 Å². The highest BCUT2D eigenvalue weighted by Crippen LogP contribution is 2.58. The van der Waals surface area contributed by atoms with Gasteiger partial charge in [0.05, 0.1) is 25.4 Å². The molecule has 0 aromatic rings. The van der Waals surface area contributed by atoms with Gasteiger partial charge in [-0.15, -0.1) is 0 Å². The predicted molar refractivity (Wildman–Crippen MR) is 255 cm³/mol. The van der Waals surface area contributed by atoms with E-state index in [1.54, 1.807) is 0 Å². The molecule has 0 aromatic heterocycles. The molecule has 13 heteroatoms. The molecule has 0 bridgehead atoms. The van der Waals surface area contributed by atoms with Gasteiger partial charge < -0.3 is 36.0 Å². The van der Waals surface area contributed by atoms with Crippen LogP contribution in [0.1, 0.15) is 166 Å². The predicted octanol–water partition coefficient (Wildman–Crippen LogP) is 13.2. The van der Waals surface area contributed by atoms with Crippen molar-refractivity contribution in [3.63, 3.8) is 0 Å². The number of hydrogen-bond acceptors (Lipinski definition) is 9. The van der Waals surface area contributed by atoms with E-state index in [-0.39, 0.29) is 37.5 Å². The first-order valence-corrected chi connectivity index (χ1v) is 31.3. The first-order valence-electron chi connectivity index (χ1n) is 23.4. The monoisotopic (exact) mass is 911 g/mol. The number of ether oxygens (including phenoxy) is 2. The minimum absolute atomic E-state index is 0.211. The van der Waals surface area contributed by atoms with Crippen molar-refractivity contribution in [2.75, 3.05) is 13.2 Å². The van der Waals surface area contributed by atoms with E-state index in [4.69, 9.17) is 36.0 Å². The fraction of sp³-hybridized carbons (Fsp3) is 0.894. The molecule has 0 saturated carbocycles. The Morgan fingerprint density at radius 2 is 0.767 bits per heavy atom. The van der Waals surface area contributed by atoms with Crippen molar-refractivity contribution in [1.82, 2.24) is 0 Å². The Balaban J connectivity index is 1.92. The van der Waals surface area contributed by atoms with Gasteiger partial charge in [0.1, 0.15) is 24.4 Å². The van der Waals surface area contributed by atoms with Gasteiger partial charge in [-0.2, -0.15) is 0 Å². The summed E-state index contributed by atoms with van der Waals surface area (Å²) in [5, 5.41) is -0.942. The third-order valence-electron chi connectivity index (χ3n) is 14.6. The van der Waals surface area contributed by atoms with Crippen molar-refractivity contribution in [2.24, 2.45) is 0 Å². The fourth-order valence-electron chi connectivity index (χ4n) is 12.5. The van der Waals surface area contributed by atoms with Gasteiger partial charge in [-0.25, -0.2) is 0 Å². The zero-order valence-corrected chi connectivity index (χ0v) is 46.7. The number of Topliss-reactive ketones (excluding diaryl/α,β-unsaturated/α-hetero) is 1. The molecule has 0 unspecified atom stereocenters. The van der Waals surface area contributed by atoms with Crippen molar-refractivity contribution in [1.29, 1.82) is 0 Å². The average molecular weight is 912 g/mol. The van der Waals surface area contributed by atoms with Gasteiger partial charge in [-0.1, -0.05) is 166 Å². The molecule has 4 heterocycles. The van der Waals surface area contributed by atoms with Crippen LogP contribution < -0.4 is 0 Å². The molecular formula is C47H90O9Si4. The summed E-state index contributed by atoms with van der Waals surface area (Å²) in [6.45, 7) is 54.9. The van der Waals surface area contributed by atoms with Gasteiger partial charge in [0.15, 0.2) is 11.5 Å². The second kappa shape index (κ2) is 17.6. The summed E-state index contributed by atoms with van der Waals surface area (Å²) in [4.78, 5) is 15.2. The topological polar surface area (TPSA) is 90.9 Å². The Bertz CT molecular complexity index is 1390. The van der Waals surface area contributed by atoms with E-state index in [9.17, 15) is 0 Å². The molecule has 0 N–H and O–H groups in total. The van der Waals surface area contributed by atoms with Crippen molar-refractivity contribution in [3.8, 4) is 0 Å². The molecule has 348 valence electrons. The molecule has 0 amide bonds. The van der Waals surface area contributed by atoms with Crippen LogP contribution in [0.2, 0.25) is 53.4 Å². The zero-order chi connectivity index (χ0) is 46.1. The summed E-state index contributed by atoms with van der Waals surface area (Å²) in [7, 11) is -10.8. The minimum Gasteiger partial charge on any atom is -0.481 e. The lowest BCUT2D eigenvalue weighted by Gasteiger charge is -2.57. The molecule has 4 rings (SSSR count). The van der Waals surface area contributed by atoms with Crippen molar-refractivity contribution < 1.29 is 40.8 Å². The Morgan fingerprint density at radius 1 is 0.517 bits per heavy atom. The van der Waals surface area contributed by atoms with Crippen LogP contribution in [-0.4, -0.2) is 89.4 Å². The van der Waals surface area contributed by atoms with Crippen LogP contribution in [0.15, 0.2) is 23.7 Å². The number of carbonyl (C=O) groups excluding carboxylic acids is 1. The van der Waals surface area contributed by atoms with Gasteiger partial charge in [0.2, 0.25) is 16.6 Å². The van der Waals surface area contributed by atoms with Crippen LogP contribution in [0, 0.1) is 0 Å². The molecule has 0 radical (unpaired) electrons. The Morgan fingerprint density at radius 3 is 0.983 bits per heavy atom. The standard InChI is InChI=1S/C47H90O9Si4/c1-29(2)57(30(3)4,31(5)6)53-37-25-35(51-39-27-49-59(44(13,14)15,45(16,17)18)55-42(37)39)41(48)36-26-38(54-58(32(7)8,33(9)10)34(11)12)43-40(52-36)28-50-60(56-43,46(19,20)21)47(22,23)24/h25-26,29-34,37-40,42-43H,27-28H2,1-24H3/t37-,38-,39-,40-,42+,43+/m1/s1. The molecule has 0 spiro atoms. The van der Waals surface area contributed by atoms with Crippen LogP contribution in [0.25, 0.3) is 0 Å². The number of fused-ring (bicyclic) bond motifs is 2. The van der Waals surface area contributed by atoms with Gasteiger partial charge in [-0.3, -0.25) is 4.79 Å². The highest BCUT2D eigenvalue weighted by molar-refractivity contribution is 6.78. The highest BCUT2D eigenvalue weighted by atomic mass is 28.4. The van der Waals surface area contributed by atoms with E-state index in [1.807, 2.05) is 12.2 Å². The molecule has 9 nitrogen and oxygen atoms in total. The normalized spacial score (nSPS) is 28.1. The number of hydrogen-bond donors (Lipinski definition) is 0. The Kier molecular flexibility index (Phi) is 15.3. The maximum atomic E-state index is 15.2. The number of rotatable bonds is 12. The van der Waals surface area contributed by atoms with Gasteiger partial charge >= 0.3 is 17.1 Å². The van der Waals surface area contributed by atoms with Crippen molar-refractivity contribution in [2.45, 2.75) is 256 Å². The van der Waals surface area contributed by atoms with Crippen LogP contribution in [0.3, 0.4) is 0 Å². The molecule has 0 aliphatic carbocycles. The van der Waals surface area contributed by atoms with Gasteiger partial charge in [0.25, 0.3) is 5.78 Å². The molecule has 4 aliphatic heterocycles. The maximum Gasteiger partial charge on any atom is 0.349 e. The Labute approximate surface area is 371 Å². The molecule has 4 aliphatic rings. The summed E-state index contributed by atoms with van der Waals surface area (Å²) in [5.41, 5.74) is 1.96. The van der Waals surface area contributed by atoms with Gasteiger partial charge in [0, 0.05) is 20.2 Å². The number of ketones is 1. The lowest BCUT2D eigenvalue weighted by atomic mass is 10.00. The van der Waals surface area contributed by atoms with Crippen LogP contribution >= 0.6 is 0 Å². The third kappa shape index (κ3) is 8.87. The summed E-state index contributed by atoms with van der Waals surface area (Å²) in [6.07, 6.45) is 0.852. The quantitative estimate of drug-likeness (QED) is 0.178. The first kappa shape index (κ1) is 52.0. The van der Waals surface area contributed by atoms with E-state index >= 15 is 4.79 Å². The lowest BCUT2D eigenvalue weighted by molar-refractivity contribution is -0.150. The van der Waals surface area contributed by atoms with E-state index in [0.717, 1.165) is 0 Å². The highest BCUT2D eigenvalue weighted by Gasteiger charge is 2.66. The third-order valence-corrected chi connectivity index (χ3v) is 37.0. The largest absolute Gasteiger partial charge is 0.481 e.